The molecule has 0 atom stereocenters. The Hall–Kier alpha value is -3.33. The van der Waals surface area contributed by atoms with Gasteiger partial charge in [-0.25, -0.2) is 9.97 Å². The van der Waals surface area contributed by atoms with Crippen molar-refractivity contribution in [2.75, 3.05) is 57.4 Å². The summed E-state index contributed by atoms with van der Waals surface area (Å²) in [6, 6.07) is 26.6. The summed E-state index contributed by atoms with van der Waals surface area (Å²) >= 11 is 3.57. The van der Waals surface area contributed by atoms with Crippen molar-refractivity contribution in [3.63, 3.8) is 0 Å². The zero-order valence-electron chi connectivity index (χ0n) is 22.1. The number of anilines is 1. The molecule has 2 heterocycles. The first kappa shape index (κ1) is 27.2. The molecule has 0 saturated carbocycles. The van der Waals surface area contributed by atoms with Gasteiger partial charge in [-0.2, -0.15) is 0 Å². The van der Waals surface area contributed by atoms with Crippen LogP contribution in [0.15, 0.2) is 83.3 Å². The van der Waals surface area contributed by atoms with Crippen molar-refractivity contribution in [1.82, 2.24) is 20.2 Å². The highest BCUT2D eigenvalue weighted by Gasteiger charge is 2.18. The number of fused-ring (bicyclic) bond motifs is 1. The average molecular weight is 589 g/mol. The molecule has 3 aromatic carbocycles. The highest BCUT2D eigenvalue weighted by molar-refractivity contribution is 9.10. The number of hydrogen-bond donors (Lipinski definition) is 1. The van der Waals surface area contributed by atoms with E-state index in [0.717, 1.165) is 72.6 Å². The number of ether oxygens (including phenoxy) is 1. The Morgan fingerprint density at radius 3 is 2.56 bits per heavy atom. The van der Waals surface area contributed by atoms with Crippen LogP contribution in [0.5, 0.6) is 0 Å². The van der Waals surface area contributed by atoms with Crippen molar-refractivity contribution < 1.29 is 9.53 Å². The maximum absolute atomic E-state index is 12.9. The van der Waals surface area contributed by atoms with Gasteiger partial charge in [-0.05, 0) is 36.2 Å². The van der Waals surface area contributed by atoms with Gasteiger partial charge in [0, 0.05) is 61.1 Å². The molecule has 5 rings (SSSR count). The Morgan fingerprint density at radius 1 is 0.949 bits per heavy atom. The number of para-hydroxylation sites is 1. The predicted molar refractivity (Wildman–Crippen MR) is 160 cm³/mol. The zero-order chi connectivity index (χ0) is 26.9. The van der Waals surface area contributed by atoms with E-state index in [0.29, 0.717) is 25.3 Å². The number of carbonyl (C=O) groups is 1. The maximum atomic E-state index is 12.9. The van der Waals surface area contributed by atoms with Gasteiger partial charge in [-0.15, -0.1) is 0 Å². The molecule has 1 aliphatic heterocycles. The highest BCUT2D eigenvalue weighted by atomic mass is 79.9. The Bertz CT molecular complexity index is 1380. The molecule has 1 aromatic heterocycles. The summed E-state index contributed by atoms with van der Waals surface area (Å²) in [7, 11) is 0. The summed E-state index contributed by atoms with van der Waals surface area (Å²) in [5.74, 6) is 1.58. The monoisotopic (exact) mass is 587 g/mol. The van der Waals surface area contributed by atoms with Crippen LogP contribution >= 0.6 is 15.9 Å². The molecule has 0 aliphatic carbocycles. The Labute approximate surface area is 238 Å². The number of aromatic nitrogens is 2. The molecular formula is C31H34BrN5O2. The fourth-order valence-electron chi connectivity index (χ4n) is 4.79. The van der Waals surface area contributed by atoms with E-state index in [4.69, 9.17) is 14.7 Å². The zero-order valence-corrected chi connectivity index (χ0v) is 23.6. The lowest BCUT2D eigenvalue weighted by Gasteiger charge is -2.27. The largest absolute Gasteiger partial charge is 0.379 e. The second-order valence-corrected chi connectivity index (χ2v) is 10.6. The minimum atomic E-state index is 0.0542. The molecule has 0 bridgehead atoms. The highest BCUT2D eigenvalue weighted by Crippen LogP contribution is 2.29. The van der Waals surface area contributed by atoms with Crippen LogP contribution in [-0.2, 0) is 16.0 Å². The molecule has 7 nitrogen and oxygen atoms in total. The molecule has 39 heavy (non-hydrogen) atoms. The number of amides is 1. The van der Waals surface area contributed by atoms with Crippen molar-refractivity contribution in [3.05, 3.63) is 88.9 Å². The van der Waals surface area contributed by atoms with Crippen molar-refractivity contribution >= 4 is 38.6 Å². The van der Waals surface area contributed by atoms with Crippen molar-refractivity contribution in [1.29, 1.82) is 0 Å². The summed E-state index contributed by atoms with van der Waals surface area (Å²) in [5.41, 5.74) is 3.08. The summed E-state index contributed by atoms with van der Waals surface area (Å²) in [6.45, 7) is 6.16. The molecule has 1 amide bonds. The van der Waals surface area contributed by atoms with Gasteiger partial charge >= 0.3 is 0 Å². The number of morpholine rings is 1. The van der Waals surface area contributed by atoms with Crippen molar-refractivity contribution in [3.8, 4) is 11.4 Å². The van der Waals surface area contributed by atoms with E-state index in [9.17, 15) is 4.79 Å². The summed E-state index contributed by atoms with van der Waals surface area (Å²) in [5, 5.41) is 4.09. The lowest BCUT2D eigenvalue weighted by molar-refractivity contribution is -0.121. The first-order valence-electron chi connectivity index (χ1n) is 13.5. The van der Waals surface area contributed by atoms with Gasteiger partial charge < -0.3 is 15.0 Å². The maximum Gasteiger partial charge on any atom is 0.221 e. The van der Waals surface area contributed by atoms with Crippen LogP contribution in [0.1, 0.15) is 12.0 Å². The van der Waals surface area contributed by atoms with Crippen LogP contribution in [-0.4, -0.2) is 73.3 Å². The fraction of sp³-hybridized carbons (Fsp3) is 0.323. The first-order valence-corrected chi connectivity index (χ1v) is 14.3. The molecule has 0 unspecified atom stereocenters. The molecule has 202 valence electrons. The van der Waals surface area contributed by atoms with Crippen LogP contribution < -0.4 is 10.2 Å². The summed E-state index contributed by atoms with van der Waals surface area (Å²) in [4.78, 5) is 27.4. The topological polar surface area (TPSA) is 70.6 Å². The lowest BCUT2D eigenvalue weighted by atomic mass is 10.1. The van der Waals surface area contributed by atoms with Crippen LogP contribution in [0, 0.1) is 0 Å². The number of rotatable bonds is 11. The third-order valence-electron chi connectivity index (χ3n) is 6.94. The molecule has 4 aromatic rings. The number of halogens is 1. The van der Waals surface area contributed by atoms with Crippen LogP contribution in [0.25, 0.3) is 22.3 Å². The molecule has 8 heteroatoms. The number of hydrogen-bond acceptors (Lipinski definition) is 6. The van der Waals surface area contributed by atoms with Crippen LogP contribution in [0.2, 0.25) is 0 Å². The predicted octanol–water partition coefficient (Wildman–Crippen LogP) is 4.95. The molecule has 1 saturated heterocycles. The smallest absolute Gasteiger partial charge is 0.221 e. The van der Waals surface area contributed by atoms with Crippen LogP contribution in [0.3, 0.4) is 0 Å². The SMILES string of the molecule is O=C(CCN(CCc1ccccc1)c1nc(-c2cccc(Br)c2)nc2ccccc12)NCCN1CCOCC1. The van der Waals surface area contributed by atoms with Gasteiger partial charge in [0.05, 0.1) is 18.7 Å². The van der Waals surface area contributed by atoms with Gasteiger partial charge in [0.1, 0.15) is 5.82 Å². The lowest BCUT2D eigenvalue weighted by Crippen LogP contribution is -2.41. The van der Waals surface area contributed by atoms with Gasteiger partial charge in [0.25, 0.3) is 0 Å². The van der Waals surface area contributed by atoms with E-state index in [1.807, 2.05) is 48.5 Å². The standard InChI is InChI=1S/C31H34BrN5O2/c32-26-10-6-9-25(23-26)30-34-28-12-5-4-11-27(28)31(35-30)37(16-13-24-7-2-1-3-8-24)17-14-29(38)33-15-18-36-19-21-39-22-20-36/h1-12,23H,13-22H2,(H,33,38). The summed E-state index contributed by atoms with van der Waals surface area (Å²) < 4.78 is 6.39. The summed E-state index contributed by atoms with van der Waals surface area (Å²) in [6.07, 6.45) is 1.24. The van der Waals surface area contributed by atoms with Gasteiger partial charge in [0.15, 0.2) is 5.82 Å². The van der Waals surface area contributed by atoms with Gasteiger partial charge in [-0.3, -0.25) is 9.69 Å². The molecule has 0 spiro atoms. The minimum absolute atomic E-state index is 0.0542. The van der Waals surface area contributed by atoms with E-state index in [1.54, 1.807) is 0 Å². The fourth-order valence-corrected chi connectivity index (χ4v) is 5.19. The molecule has 1 aliphatic rings. The third-order valence-corrected chi connectivity index (χ3v) is 7.43. The number of benzene rings is 3. The normalized spacial score (nSPS) is 13.9. The van der Waals surface area contributed by atoms with Gasteiger partial charge in [0.2, 0.25) is 5.91 Å². The minimum Gasteiger partial charge on any atom is -0.379 e. The number of nitrogens with one attached hydrogen (secondary N) is 1. The quantitative estimate of drug-likeness (QED) is 0.268. The Kier molecular flexibility index (Phi) is 9.53. The second kappa shape index (κ2) is 13.6. The van der Waals surface area contributed by atoms with Crippen LogP contribution in [0.4, 0.5) is 5.82 Å². The van der Waals surface area contributed by atoms with E-state index in [-0.39, 0.29) is 5.91 Å². The number of carbonyl (C=O) groups excluding carboxylic acids is 1. The van der Waals surface area contributed by atoms with E-state index < -0.39 is 0 Å². The molecule has 1 N–H and O–H groups in total. The number of nitrogens with zero attached hydrogens (tertiary/aromatic N) is 4. The van der Waals surface area contributed by atoms with Gasteiger partial charge in [-0.1, -0.05) is 70.5 Å². The van der Waals surface area contributed by atoms with Crippen molar-refractivity contribution in [2.45, 2.75) is 12.8 Å². The molecule has 1 fully saturated rings. The average Bonchev–Trinajstić information content (AvgIpc) is 2.98. The second-order valence-electron chi connectivity index (χ2n) is 9.67. The Balaban J connectivity index is 1.36. The molecular weight excluding hydrogens is 554 g/mol. The van der Waals surface area contributed by atoms with Crippen molar-refractivity contribution in [2.24, 2.45) is 0 Å². The third kappa shape index (κ3) is 7.62. The Morgan fingerprint density at radius 2 is 1.74 bits per heavy atom. The van der Waals surface area contributed by atoms with E-state index in [2.05, 4.69) is 61.4 Å². The first-order chi connectivity index (χ1) is 19.2. The van der Waals surface area contributed by atoms with E-state index in [1.165, 1.54) is 5.56 Å². The van der Waals surface area contributed by atoms with E-state index >= 15 is 0 Å². The molecule has 0 radical (unpaired) electrons.